The van der Waals surface area contributed by atoms with Crippen LogP contribution in [-0.4, -0.2) is 9.97 Å². The predicted octanol–water partition coefficient (Wildman–Crippen LogP) is 12.4. The monoisotopic (exact) mass is 606 g/mol. The highest BCUT2D eigenvalue weighted by Gasteiger charge is 2.27. The van der Waals surface area contributed by atoms with Gasteiger partial charge in [0.1, 0.15) is 0 Å². The Hall–Kier alpha value is -6.38. The first-order valence-corrected chi connectivity index (χ1v) is 16.5. The summed E-state index contributed by atoms with van der Waals surface area (Å²) < 4.78 is 0. The van der Waals surface area contributed by atoms with E-state index in [1.165, 1.54) is 97.7 Å². The van der Waals surface area contributed by atoms with E-state index >= 15 is 0 Å². The van der Waals surface area contributed by atoms with Crippen LogP contribution in [0.25, 0.3) is 109 Å². The number of fused-ring (bicyclic) bond motifs is 8. The van der Waals surface area contributed by atoms with Gasteiger partial charge >= 0.3 is 0 Å². The summed E-state index contributed by atoms with van der Waals surface area (Å²) in [5.41, 5.74) is 6.80. The maximum atomic E-state index is 5.06. The van der Waals surface area contributed by atoms with Crippen LogP contribution in [0.3, 0.4) is 0 Å². The average molecular weight is 607 g/mol. The third-order valence-electron chi connectivity index (χ3n) is 10.4. The number of benzene rings is 7. The number of nitrogens with zero attached hydrogens (tertiary/aromatic N) is 2. The zero-order valence-corrected chi connectivity index (χ0v) is 25.9. The van der Waals surface area contributed by atoms with Gasteiger partial charge in [0.2, 0.25) is 0 Å². The Kier molecular flexibility index (Phi) is 5.14. The van der Waals surface area contributed by atoms with Gasteiger partial charge in [0.05, 0.1) is 11.4 Å². The van der Waals surface area contributed by atoms with E-state index in [2.05, 4.69) is 133 Å². The summed E-state index contributed by atoms with van der Waals surface area (Å²) in [6, 6.07) is 52.9. The maximum Gasteiger partial charge on any atom is 0.0714 e. The van der Waals surface area contributed by atoms with Crippen LogP contribution < -0.4 is 0 Å². The highest BCUT2D eigenvalue weighted by Crippen LogP contribution is 2.54. The molecule has 2 heterocycles. The molecule has 0 aliphatic heterocycles. The normalized spacial score (nSPS) is 12.2. The lowest BCUT2D eigenvalue weighted by atomic mass is 9.86. The lowest BCUT2D eigenvalue weighted by Gasteiger charge is -2.18. The van der Waals surface area contributed by atoms with Gasteiger partial charge in [-0.1, -0.05) is 115 Å². The zero-order valence-electron chi connectivity index (χ0n) is 25.9. The molecule has 0 spiro atoms. The summed E-state index contributed by atoms with van der Waals surface area (Å²) in [7, 11) is 0. The Morgan fingerprint density at radius 1 is 0.292 bits per heavy atom. The Morgan fingerprint density at radius 3 is 1.56 bits per heavy atom. The Bertz CT molecular complexity index is 3020. The molecule has 0 saturated carbocycles. The van der Waals surface area contributed by atoms with E-state index < -0.39 is 0 Å². The SMILES string of the molecule is c1ccc(-c2ccc3c4c(-c5ccccn5)c5c(cc6c7ccccc7c7cccc5c76)c(-c5ccccn5)c4c4cccc2c43)cc1. The molecule has 0 radical (unpaired) electrons. The molecule has 9 aromatic carbocycles. The first kappa shape index (κ1) is 25.8. The fourth-order valence-electron chi connectivity index (χ4n) is 8.63. The van der Waals surface area contributed by atoms with Gasteiger partial charge < -0.3 is 0 Å². The minimum atomic E-state index is 0.980. The molecule has 0 N–H and O–H groups in total. The van der Waals surface area contributed by atoms with Crippen LogP contribution in [0.2, 0.25) is 0 Å². The molecule has 0 amide bonds. The molecule has 2 heteroatoms. The van der Waals surface area contributed by atoms with Gasteiger partial charge in [0.25, 0.3) is 0 Å². The van der Waals surface area contributed by atoms with Crippen molar-refractivity contribution in [1.82, 2.24) is 9.97 Å². The molecule has 0 aliphatic carbocycles. The second-order valence-electron chi connectivity index (χ2n) is 12.8. The van der Waals surface area contributed by atoms with E-state index in [0.29, 0.717) is 0 Å². The Balaban J connectivity index is 1.48. The van der Waals surface area contributed by atoms with Crippen molar-refractivity contribution in [2.45, 2.75) is 0 Å². The summed E-state index contributed by atoms with van der Waals surface area (Å²) in [6.45, 7) is 0. The van der Waals surface area contributed by atoms with Crippen LogP contribution in [0.5, 0.6) is 0 Å². The van der Waals surface area contributed by atoms with Gasteiger partial charge in [-0.05, 0) is 101 Å². The molecule has 0 saturated heterocycles. The third-order valence-corrected chi connectivity index (χ3v) is 10.4. The summed E-state index contributed by atoms with van der Waals surface area (Å²) in [4.78, 5) is 10.1. The lowest BCUT2D eigenvalue weighted by Crippen LogP contribution is -1.93. The topological polar surface area (TPSA) is 25.8 Å². The van der Waals surface area contributed by atoms with Crippen LogP contribution in [0.15, 0.2) is 158 Å². The van der Waals surface area contributed by atoms with E-state index in [4.69, 9.17) is 9.97 Å². The first-order valence-electron chi connectivity index (χ1n) is 16.5. The van der Waals surface area contributed by atoms with Crippen molar-refractivity contribution >= 4 is 75.4 Å². The number of hydrogen-bond acceptors (Lipinski definition) is 2. The molecule has 0 aliphatic rings. The van der Waals surface area contributed by atoms with E-state index in [1.54, 1.807) is 0 Å². The van der Waals surface area contributed by atoms with Crippen molar-refractivity contribution in [1.29, 1.82) is 0 Å². The van der Waals surface area contributed by atoms with Crippen molar-refractivity contribution in [3.63, 3.8) is 0 Å². The summed E-state index contributed by atoms with van der Waals surface area (Å²) in [5.74, 6) is 0. The van der Waals surface area contributed by atoms with Crippen LogP contribution in [0, 0.1) is 0 Å². The van der Waals surface area contributed by atoms with Crippen molar-refractivity contribution in [2.24, 2.45) is 0 Å². The summed E-state index contributed by atoms with van der Waals surface area (Å²) in [5, 5.41) is 17.7. The molecular weight excluding hydrogens is 581 g/mol. The van der Waals surface area contributed by atoms with Gasteiger partial charge in [-0.25, -0.2) is 0 Å². The highest BCUT2D eigenvalue weighted by molar-refractivity contribution is 6.45. The fraction of sp³-hybridized carbons (Fsp3) is 0. The van der Waals surface area contributed by atoms with Crippen molar-refractivity contribution in [3.05, 3.63) is 158 Å². The number of pyridine rings is 2. The van der Waals surface area contributed by atoms with Crippen molar-refractivity contribution in [3.8, 4) is 33.6 Å². The quantitative estimate of drug-likeness (QED) is 0.187. The van der Waals surface area contributed by atoms with Gasteiger partial charge in [0, 0.05) is 39.7 Å². The van der Waals surface area contributed by atoms with Crippen molar-refractivity contribution < 1.29 is 0 Å². The maximum absolute atomic E-state index is 5.06. The first-order chi connectivity index (χ1) is 23.9. The molecule has 0 fully saturated rings. The van der Waals surface area contributed by atoms with E-state index in [1.807, 2.05) is 24.5 Å². The zero-order chi connectivity index (χ0) is 31.3. The van der Waals surface area contributed by atoms with Gasteiger partial charge in [-0.15, -0.1) is 0 Å². The fourth-order valence-corrected chi connectivity index (χ4v) is 8.63. The Morgan fingerprint density at radius 2 is 0.833 bits per heavy atom. The minimum absolute atomic E-state index is 0.980. The van der Waals surface area contributed by atoms with Crippen LogP contribution >= 0.6 is 0 Å². The molecule has 220 valence electrons. The van der Waals surface area contributed by atoms with Gasteiger partial charge in [-0.3, -0.25) is 9.97 Å². The predicted molar refractivity (Wildman–Crippen MR) is 203 cm³/mol. The minimum Gasteiger partial charge on any atom is -0.256 e. The molecule has 11 aromatic rings. The van der Waals surface area contributed by atoms with Crippen LogP contribution in [-0.2, 0) is 0 Å². The molecule has 0 atom stereocenters. The molecule has 48 heavy (non-hydrogen) atoms. The van der Waals surface area contributed by atoms with Gasteiger partial charge in [-0.2, -0.15) is 0 Å². The Labute approximate surface area is 276 Å². The molecule has 11 rings (SSSR count). The van der Waals surface area contributed by atoms with Crippen LogP contribution in [0.4, 0.5) is 0 Å². The smallest absolute Gasteiger partial charge is 0.0714 e. The third kappa shape index (κ3) is 3.31. The summed E-state index contributed by atoms with van der Waals surface area (Å²) in [6.07, 6.45) is 3.84. The molecule has 2 nitrogen and oxygen atoms in total. The summed E-state index contributed by atoms with van der Waals surface area (Å²) >= 11 is 0. The van der Waals surface area contributed by atoms with Crippen molar-refractivity contribution in [2.75, 3.05) is 0 Å². The van der Waals surface area contributed by atoms with Gasteiger partial charge in [0.15, 0.2) is 0 Å². The molecule has 0 unspecified atom stereocenters. The standard InChI is InChI=1S/C46H26N2/c1-2-12-27(13-3-1)28-22-23-35-40-31(28)16-10-19-34(40)44-43(38-20-6-8-24-47-38)37-26-36-30-15-5-4-14-29(30)32-17-11-18-33(41(32)36)42(37)46(45(35)44)39-21-7-9-25-48-39/h1-26H. The lowest BCUT2D eigenvalue weighted by molar-refractivity contribution is 1.33. The molecule has 0 bridgehead atoms. The second-order valence-corrected chi connectivity index (χ2v) is 12.8. The van der Waals surface area contributed by atoms with E-state index in [-0.39, 0.29) is 0 Å². The number of hydrogen-bond donors (Lipinski definition) is 0. The molecule has 2 aromatic heterocycles. The highest BCUT2D eigenvalue weighted by atomic mass is 14.7. The van der Waals surface area contributed by atoms with Crippen LogP contribution in [0.1, 0.15) is 0 Å². The van der Waals surface area contributed by atoms with E-state index in [9.17, 15) is 0 Å². The largest absolute Gasteiger partial charge is 0.256 e. The molecular formula is C46H26N2. The number of aromatic nitrogens is 2. The van der Waals surface area contributed by atoms with E-state index in [0.717, 1.165) is 11.4 Å². The average Bonchev–Trinajstić information content (AvgIpc) is 3.66. The number of rotatable bonds is 3. The second kappa shape index (κ2) is 9.57.